The summed E-state index contributed by atoms with van der Waals surface area (Å²) in [6.07, 6.45) is 0. The molecule has 2 aromatic rings. The SMILES string of the molecule is CCN1C(=O)C(=C2Sc3ccccc3N2CC)SC1=Nc1ccccc1Cl. The number of carbonyl (C=O) groups is 1. The Labute approximate surface area is 172 Å². The van der Waals surface area contributed by atoms with Crippen molar-refractivity contribution in [3.05, 3.63) is 63.5 Å². The molecule has 2 heterocycles. The van der Waals surface area contributed by atoms with Crippen LogP contribution in [0.3, 0.4) is 0 Å². The molecule has 1 amide bonds. The first-order chi connectivity index (χ1) is 13.1. The van der Waals surface area contributed by atoms with E-state index in [0.29, 0.717) is 22.4 Å². The molecule has 1 fully saturated rings. The summed E-state index contributed by atoms with van der Waals surface area (Å²) in [5, 5.41) is 2.23. The van der Waals surface area contributed by atoms with Crippen LogP contribution in [0.15, 0.2) is 68.4 Å². The van der Waals surface area contributed by atoms with Crippen molar-refractivity contribution in [2.24, 2.45) is 4.99 Å². The largest absolute Gasteiger partial charge is 0.334 e. The Morgan fingerprint density at radius 2 is 1.67 bits per heavy atom. The molecule has 0 atom stereocenters. The molecular formula is C20H18ClN3OS2. The molecule has 0 saturated carbocycles. The molecule has 0 aliphatic carbocycles. The third-order valence-electron chi connectivity index (χ3n) is 4.37. The highest BCUT2D eigenvalue weighted by Crippen LogP contribution is 2.50. The van der Waals surface area contributed by atoms with E-state index in [1.54, 1.807) is 22.7 Å². The number of anilines is 1. The minimum absolute atomic E-state index is 0.00191. The smallest absolute Gasteiger partial charge is 0.269 e. The van der Waals surface area contributed by atoms with Gasteiger partial charge in [0.1, 0.15) is 9.93 Å². The minimum Gasteiger partial charge on any atom is -0.334 e. The van der Waals surface area contributed by atoms with Crippen LogP contribution in [0.5, 0.6) is 0 Å². The maximum Gasteiger partial charge on any atom is 0.269 e. The van der Waals surface area contributed by atoms with Gasteiger partial charge in [-0.25, -0.2) is 4.99 Å². The van der Waals surface area contributed by atoms with Crippen molar-refractivity contribution in [1.82, 2.24) is 4.90 Å². The van der Waals surface area contributed by atoms with Gasteiger partial charge in [-0.1, -0.05) is 47.6 Å². The molecule has 0 spiro atoms. The van der Waals surface area contributed by atoms with Crippen molar-refractivity contribution in [2.45, 2.75) is 18.7 Å². The molecule has 2 aromatic carbocycles. The number of halogens is 1. The van der Waals surface area contributed by atoms with E-state index in [0.717, 1.165) is 22.2 Å². The number of hydrogen-bond donors (Lipinski definition) is 0. The van der Waals surface area contributed by atoms with Crippen LogP contribution in [0.4, 0.5) is 11.4 Å². The zero-order valence-corrected chi connectivity index (χ0v) is 17.4. The monoisotopic (exact) mass is 415 g/mol. The average Bonchev–Trinajstić information content (AvgIpc) is 3.20. The number of likely N-dealkylation sites (N-methyl/N-ethyl adjacent to an activating group) is 1. The lowest BCUT2D eigenvalue weighted by molar-refractivity contribution is -0.122. The van der Waals surface area contributed by atoms with Crippen LogP contribution in [-0.2, 0) is 4.79 Å². The third kappa shape index (κ3) is 3.26. The van der Waals surface area contributed by atoms with Crippen molar-refractivity contribution < 1.29 is 4.79 Å². The summed E-state index contributed by atoms with van der Waals surface area (Å²) in [5.41, 5.74) is 1.83. The highest BCUT2D eigenvalue weighted by Gasteiger charge is 2.38. The van der Waals surface area contributed by atoms with E-state index in [1.165, 1.54) is 16.7 Å². The molecule has 0 bridgehead atoms. The van der Waals surface area contributed by atoms with Crippen molar-refractivity contribution in [2.75, 3.05) is 18.0 Å². The van der Waals surface area contributed by atoms with E-state index < -0.39 is 0 Å². The number of amidine groups is 1. The molecule has 0 N–H and O–H groups in total. The van der Waals surface area contributed by atoms with Crippen molar-refractivity contribution in [3.8, 4) is 0 Å². The highest BCUT2D eigenvalue weighted by atomic mass is 35.5. The summed E-state index contributed by atoms with van der Waals surface area (Å²) in [6, 6.07) is 15.7. The first kappa shape index (κ1) is 18.5. The Morgan fingerprint density at radius 3 is 2.41 bits per heavy atom. The van der Waals surface area contributed by atoms with Gasteiger partial charge in [-0.05, 0) is 49.9 Å². The molecule has 0 aromatic heterocycles. The lowest BCUT2D eigenvalue weighted by Crippen LogP contribution is -2.29. The number of benzene rings is 2. The number of fused-ring (bicyclic) bond motifs is 1. The quantitative estimate of drug-likeness (QED) is 0.600. The summed E-state index contributed by atoms with van der Waals surface area (Å²) in [4.78, 5) is 23.6. The molecule has 2 aliphatic rings. The number of para-hydroxylation sites is 2. The standard InChI is InChI=1S/C20H18ClN3OS2/c1-3-23-15-11-7-8-12-16(15)26-19(23)17-18(25)24(4-2)20(27-17)22-14-10-6-5-9-13(14)21/h5-12H,3-4H2,1-2H3. The first-order valence-electron chi connectivity index (χ1n) is 8.75. The number of thioether (sulfide) groups is 2. The van der Waals surface area contributed by atoms with Crippen LogP contribution >= 0.6 is 35.1 Å². The normalized spacial score (nSPS) is 20.7. The Bertz CT molecular complexity index is 973. The van der Waals surface area contributed by atoms with Crippen LogP contribution in [0.1, 0.15) is 13.8 Å². The Balaban J connectivity index is 1.76. The number of nitrogens with zero attached hydrogens (tertiary/aromatic N) is 3. The molecule has 0 unspecified atom stereocenters. The number of hydrogen-bond acceptors (Lipinski definition) is 5. The molecular weight excluding hydrogens is 398 g/mol. The second-order valence-electron chi connectivity index (χ2n) is 5.95. The predicted octanol–water partition coefficient (Wildman–Crippen LogP) is 5.72. The summed E-state index contributed by atoms with van der Waals surface area (Å²) in [7, 11) is 0. The number of rotatable bonds is 3. The van der Waals surface area contributed by atoms with Gasteiger partial charge in [0.05, 0.1) is 16.4 Å². The summed E-state index contributed by atoms with van der Waals surface area (Å²) in [5.74, 6) is 0.00191. The van der Waals surface area contributed by atoms with Gasteiger partial charge in [0.15, 0.2) is 5.17 Å². The van der Waals surface area contributed by atoms with Crippen LogP contribution in [0.2, 0.25) is 5.02 Å². The Morgan fingerprint density at radius 1 is 0.963 bits per heavy atom. The Hall–Kier alpha value is -1.89. The van der Waals surface area contributed by atoms with Crippen LogP contribution in [0.25, 0.3) is 0 Å². The fourth-order valence-corrected chi connectivity index (χ4v) is 5.69. The summed E-state index contributed by atoms with van der Waals surface area (Å²) in [6.45, 7) is 5.43. The Kier molecular flexibility index (Phi) is 5.21. The van der Waals surface area contributed by atoms with E-state index >= 15 is 0 Å². The molecule has 7 heteroatoms. The maximum atomic E-state index is 13.1. The van der Waals surface area contributed by atoms with Gasteiger partial charge in [-0.2, -0.15) is 0 Å². The summed E-state index contributed by atoms with van der Waals surface area (Å²) >= 11 is 9.33. The van der Waals surface area contributed by atoms with Gasteiger partial charge in [0, 0.05) is 18.0 Å². The fraction of sp³-hybridized carbons (Fsp3) is 0.200. The maximum absolute atomic E-state index is 13.1. The van der Waals surface area contributed by atoms with E-state index in [4.69, 9.17) is 11.6 Å². The second-order valence-corrected chi connectivity index (χ2v) is 8.36. The molecule has 4 nitrogen and oxygen atoms in total. The van der Waals surface area contributed by atoms with E-state index in [-0.39, 0.29) is 5.91 Å². The first-order valence-corrected chi connectivity index (χ1v) is 10.8. The van der Waals surface area contributed by atoms with Crippen molar-refractivity contribution >= 4 is 57.6 Å². The number of carbonyl (C=O) groups excluding carboxylic acids is 1. The predicted molar refractivity (Wildman–Crippen MR) is 116 cm³/mol. The lowest BCUT2D eigenvalue weighted by atomic mass is 10.3. The minimum atomic E-state index is 0.00191. The zero-order chi connectivity index (χ0) is 19.0. The molecule has 138 valence electrons. The molecule has 27 heavy (non-hydrogen) atoms. The molecule has 4 rings (SSSR count). The van der Waals surface area contributed by atoms with Crippen molar-refractivity contribution in [1.29, 1.82) is 0 Å². The average molecular weight is 416 g/mol. The van der Waals surface area contributed by atoms with Gasteiger partial charge in [0.25, 0.3) is 5.91 Å². The third-order valence-corrected chi connectivity index (χ3v) is 7.06. The van der Waals surface area contributed by atoms with E-state index in [1.807, 2.05) is 37.3 Å². The second kappa shape index (κ2) is 7.62. The van der Waals surface area contributed by atoms with Crippen molar-refractivity contribution in [3.63, 3.8) is 0 Å². The number of aliphatic imine (C=N–C) groups is 1. The van der Waals surface area contributed by atoms with Gasteiger partial charge in [0.2, 0.25) is 0 Å². The topological polar surface area (TPSA) is 35.9 Å². The van der Waals surface area contributed by atoms with Gasteiger partial charge >= 0.3 is 0 Å². The zero-order valence-electron chi connectivity index (χ0n) is 15.0. The highest BCUT2D eigenvalue weighted by molar-refractivity contribution is 8.19. The van der Waals surface area contributed by atoms with E-state index in [2.05, 4.69) is 28.9 Å². The van der Waals surface area contributed by atoms with Gasteiger partial charge < -0.3 is 4.90 Å². The lowest BCUT2D eigenvalue weighted by Gasteiger charge is -2.19. The van der Waals surface area contributed by atoms with Crippen LogP contribution in [-0.4, -0.2) is 29.1 Å². The summed E-state index contributed by atoms with van der Waals surface area (Å²) < 4.78 is 0. The fourth-order valence-electron chi connectivity index (χ4n) is 3.06. The molecule has 1 saturated heterocycles. The van der Waals surface area contributed by atoms with Gasteiger partial charge in [-0.3, -0.25) is 9.69 Å². The van der Waals surface area contributed by atoms with Gasteiger partial charge in [-0.15, -0.1) is 0 Å². The number of amides is 1. The molecule has 2 aliphatic heterocycles. The van der Waals surface area contributed by atoms with Crippen LogP contribution in [0, 0.1) is 0 Å². The van der Waals surface area contributed by atoms with E-state index in [9.17, 15) is 4.79 Å². The van der Waals surface area contributed by atoms with Crippen LogP contribution < -0.4 is 4.90 Å². The molecule has 0 radical (unpaired) electrons.